The first-order valence-corrected chi connectivity index (χ1v) is 8.42. The lowest BCUT2D eigenvalue weighted by molar-refractivity contribution is 0.385. The summed E-state index contributed by atoms with van der Waals surface area (Å²) in [6.07, 6.45) is 3.44. The van der Waals surface area contributed by atoms with Gasteiger partial charge in [-0.05, 0) is 41.9 Å². The highest BCUT2D eigenvalue weighted by Gasteiger charge is 2.44. The minimum atomic E-state index is 0.0558. The van der Waals surface area contributed by atoms with E-state index in [2.05, 4.69) is 55.6 Å². The van der Waals surface area contributed by atoms with Gasteiger partial charge in [0, 0.05) is 24.5 Å². The van der Waals surface area contributed by atoms with Crippen LogP contribution < -0.4 is 5.32 Å². The average molecular weight is 311 g/mol. The molecule has 2 aromatic rings. The fraction of sp³-hybridized carbons (Fsp3) is 0.526. The van der Waals surface area contributed by atoms with E-state index >= 15 is 0 Å². The van der Waals surface area contributed by atoms with Crippen molar-refractivity contribution < 1.29 is 4.74 Å². The number of aryl methyl sites for hydroxylation is 2. The molecule has 1 fully saturated rings. The third kappa shape index (κ3) is 2.36. The number of hydrogen-bond donors (Lipinski definition) is 1. The van der Waals surface area contributed by atoms with Gasteiger partial charge in [-0.25, -0.2) is 0 Å². The topological polar surface area (TPSA) is 42.4 Å². The number of benzene rings is 1. The van der Waals surface area contributed by atoms with E-state index in [1.807, 2.05) is 18.7 Å². The molecule has 1 aromatic heterocycles. The lowest BCUT2D eigenvalue weighted by atomic mass is 9.86. The van der Waals surface area contributed by atoms with E-state index in [9.17, 15) is 0 Å². The SMILES string of the molecule is Cc1nn(C)cc1C1OC1Nc1cccc2c1C(C)CC2(C)C. The molecular formula is C19H25N3O. The van der Waals surface area contributed by atoms with Crippen LogP contribution in [-0.4, -0.2) is 16.0 Å². The van der Waals surface area contributed by atoms with Gasteiger partial charge in [-0.3, -0.25) is 4.68 Å². The molecule has 122 valence electrons. The Morgan fingerprint density at radius 3 is 2.83 bits per heavy atom. The van der Waals surface area contributed by atoms with E-state index in [1.54, 1.807) is 0 Å². The highest BCUT2D eigenvalue weighted by Crippen LogP contribution is 2.49. The number of epoxide rings is 1. The van der Waals surface area contributed by atoms with E-state index in [0.29, 0.717) is 5.92 Å². The van der Waals surface area contributed by atoms with Gasteiger partial charge >= 0.3 is 0 Å². The molecule has 23 heavy (non-hydrogen) atoms. The quantitative estimate of drug-likeness (QED) is 0.871. The van der Waals surface area contributed by atoms with E-state index in [1.165, 1.54) is 28.8 Å². The molecule has 0 saturated carbocycles. The standard InChI is InChI=1S/C19H25N3O/c1-11-9-19(3,4)14-7-6-8-15(16(11)14)20-18-17(23-18)13-10-22(5)21-12(13)2/h6-8,10-11,17-18,20H,9H2,1-5H3. The van der Waals surface area contributed by atoms with Crippen LogP contribution >= 0.6 is 0 Å². The Labute approximate surface area is 137 Å². The van der Waals surface area contributed by atoms with Crippen molar-refractivity contribution in [2.75, 3.05) is 5.32 Å². The Balaban J connectivity index is 1.58. The lowest BCUT2D eigenvalue weighted by Gasteiger charge is -2.19. The average Bonchev–Trinajstić information content (AvgIpc) is 3.06. The maximum atomic E-state index is 5.88. The Morgan fingerprint density at radius 1 is 1.35 bits per heavy atom. The summed E-state index contributed by atoms with van der Waals surface area (Å²) in [6, 6.07) is 6.62. The number of aromatic nitrogens is 2. The molecule has 3 unspecified atom stereocenters. The Hall–Kier alpha value is -1.81. The lowest BCUT2D eigenvalue weighted by Crippen LogP contribution is -2.12. The number of rotatable bonds is 3. The largest absolute Gasteiger partial charge is 0.357 e. The molecule has 4 rings (SSSR count). The predicted octanol–water partition coefficient (Wildman–Crippen LogP) is 4.02. The van der Waals surface area contributed by atoms with Crippen LogP contribution in [0, 0.1) is 6.92 Å². The van der Waals surface area contributed by atoms with Crippen molar-refractivity contribution in [3.63, 3.8) is 0 Å². The molecule has 4 nitrogen and oxygen atoms in total. The fourth-order valence-electron chi connectivity index (χ4n) is 4.30. The first-order chi connectivity index (χ1) is 10.9. The monoisotopic (exact) mass is 311 g/mol. The van der Waals surface area contributed by atoms with Crippen LogP contribution in [0.25, 0.3) is 0 Å². The normalized spacial score (nSPS) is 27.8. The van der Waals surface area contributed by atoms with Gasteiger partial charge in [-0.15, -0.1) is 0 Å². The number of nitrogens with one attached hydrogen (secondary N) is 1. The number of hydrogen-bond acceptors (Lipinski definition) is 3. The van der Waals surface area contributed by atoms with E-state index in [-0.39, 0.29) is 17.7 Å². The number of anilines is 1. The molecule has 1 aliphatic heterocycles. The maximum Gasteiger partial charge on any atom is 0.159 e. The van der Waals surface area contributed by atoms with E-state index in [4.69, 9.17) is 4.74 Å². The van der Waals surface area contributed by atoms with Gasteiger partial charge in [-0.2, -0.15) is 5.10 Å². The Kier molecular flexibility index (Phi) is 3.11. The minimum Gasteiger partial charge on any atom is -0.357 e. The molecule has 3 atom stereocenters. The van der Waals surface area contributed by atoms with Crippen molar-refractivity contribution in [3.8, 4) is 0 Å². The van der Waals surface area contributed by atoms with Crippen molar-refractivity contribution in [2.24, 2.45) is 7.05 Å². The molecule has 0 amide bonds. The zero-order chi connectivity index (χ0) is 16.4. The summed E-state index contributed by atoms with van der Waals surface area (Å²) in [5, 5.41) is 8.02. The summed E-state index contributed by atoms with van der Waals surface area (Å²) in [4.78, 5) is 0. The summed E-state index contributed by atoms with van der Waals surface area (Å²) >= 11 is 0. The summed E-state index contributed by atoms with van der Waals surface area (Å²) in [7, 11) is 1.95. The van der Waals surface area contributed by atoms with Crippen molar-refractivity contribution in [1.82, 2.24) is 9.78 Å². The Morgan fingerprint density at radius 2 is 2.13 bits per heavy atom. The van der Waals surface area contributed by atoms with Gasteiger partial charge in [0.1, 0.15) is 6.10 Å². The van der Waals surface area contributed by atoms with Crippen molar-refractivity contribution in [1.29, 1.82) is 0 Å². The fourth-order valence-corrected chi connectivity index (χ4v) is 4.30. The van der Waals surface area contributed by atoms with Crippen LogP contribution in [0.4, 0.5) is 5.69 Å². The van der Waals surface area contributed by atoms with Gasteiger partial charge < -0.3 is 10.1 Å². The highest BCUT2D eigenvalue weighted by atomic mass is 16.6. The van der Waals surface area contributed by atoms with Crippen LogP contribution in [0.3, 0.4) is 0 Å². The number of nitrogens with zero attached hydrogens (tertiary/aromatic N) is 2. The van der Waals surface area contributed by atoms with Gasteiger partial charge in [0.15, 0.2) is 6.23 Å². The molecule has 1 N–H and O–H groups in total. The predicted molar refractivity (Wildman–Crippen MR) is 91.7 cm³/mol. The molecule has 1 aliphatic carbocycles. The number of ether oxygens (including phenoxy) is 1. The molecular weight excluding hydrogens is 286 g/mol. The maximum absolute atomic E-state index is 5.88. The molecule has 4 heteroatoms. The van der Waals surface area contributed by atoms with Crippen LogP contribution in [0.1, 0.15) is 61.6 Å². The molecule has 2 heterocycles. The van der Waals surface area contributed by atoms with Gasteiger partial charge in [-0.1, -0.05) is 32.9 Å². The first-order valence-electron chi connectivity index (χ1n) is 8.42. The zero-order valence-corrected chi connectivity index (χ0v) is 14.6. The third-order valence-electron chi connectivity index (χ3n) is 5.29. The molecule has 1 aromatic carbocycles. The molecule has 0 radical (unpaired) electrons. The molecule has 1 saturated heterocycles. The van der Waals surface area contributed by atoms with E-state index < -0.39 is 0 Å². The van der Waals surface area contributed by atoms with E-state index in [0.717, 1.165) is 5.69 Å². The van der Waals surface area contributed by atoms with Crippen LogP contribution in [-0.2, 0) is 17.2 Å². The van der Waals surface area contributed by atoms with Gasteiger partial charge in [0.2, 0.25) is 0 Å². The van der Waals surface area contributed by atoms with Crippen LogP contribution in [0.2, 0.25) is 0 Å². The van der Waals surface area contributed by atoms with Gasteiger partial charge in [0.25, 0.3) is 0 Å². The molecule has 0 bridgehead atoms. The summed E-state index contributed by atoms with van der Waals surface area (Å²) < 4.78 is 7.74. The minimum absolute atomic E-state index is 0.0558. The van der Waals surface area contributed by atoms with Gasteiger partial charge in [0.05, 0.1) is 5.69 Å². The van der Waals surface area contributed by atoms with Crippen LogP contribution in [0.15, 0.2) is 24.4 Å². The van der Waals surface area contributed by atoms with Crippen molar-refractivity contribution in [3.05, 3.63) is 46.8 Å². The summed E-state index contributed by atoms with van der Waals surface area (Å²) in [5.74, 6) is 0.584. The second-order valence-corrected chi connectivity index (χ2v) is 7.72. The second-order valence-electron chi connectivity index (χ2n) is 7.72. The first kappa shape index (κ1) is 14.8. The summed E-state index contributed by atoms with van der Waals surface area (Å²) in [5.41, 5.74) is 6.67. The molecule has 2 aliphatic rings. The van der Waals surface area contributed by atoms with Crippen molar-refractivity contribution in [2.45, 2.75) is 57.8 Å². The Bertz CT molecular complexity index is 762. The third-order valence-corrected chi connectivity index (χ3v) is 5.29. The van der Waals surface area contributed by atoms with Crippen molar-refractivity contribution >= 4 is 5.69 Å². The second kappa shape index (κ2) is 4.84. The zero-order valence-electron chi connectivity index (χ0n) is 14.6. The smallest absolute Gasteiger partial charge is 0.159 e. The van der Waals surface area contributed by atoms with Crippen LogP contribution in [0.5, 0.6) is 0 Å². The summed E-state index contributed by atoms with van der Waals surface area (Å²) in [6.45, 7) is 9.05. The molecule has 0 spiro atoms. The highest BCUT2D eigenvalue weighted by molar-refractivity contribution is 5.61. The number of fused-ring (bicyclic) bond motifs is 1.